The maximum absolute atomic E-state index is 12.9. The molecule has 0 atom stereocenters. The molecule has 0 bridgehead atoms. The highest BCUT2D eigenvalue weighted by molar-refractivity contribution is 9.10. The van der Waals surface area contributed by atoms with E-state index in [0.29, 0.717) is 16.8 Å². The lowest BCUT2D eigenvalue weighted by Crippen LogP contribution is -2.17. The molecule has 0 fully saturated rings. The van der Waals surface area contributed by atoms with Crippen LogP contribution in [0.25, 0.3) is 0 Å². The summed E-state index contributed by atoms with van der Waals surface area (Å²) < 4.78 is 34.3. The number of ether oxygens (including phenoxy) is 1. The number of aryl methyl sites for hydroxylation is 2. The van der Waals surface area contributed by atoms with Crippen LogP contribution in [0.2, 0.25) is 0 Å². The van der Waals surface area contributed by atoms with Crippen molar-refractivity contribution in [2.24, 2.45) is 0 Å². The zero-order valence-electron chi connectivity index (χ0n) is 19.0. The summed E-state index contributed by atoms with van der Waals surface area (Å²) in [7, 11) is -3.92. The predicted octanol–water partition coefficient (Wildman–Crippen LogP) is 5.94. The first-order valence-electron chi connectivity index (χ1n) is 10.9. The number of carbonyl (C=O) groups is 2. The monoisotopic (exact) mass is 543 g/mol. The second-order valence-electron chi connectivity index (χ2n) is 7.89. The highest BCUT2D eigenvalue weighted by Crippen LogP contribution is 2.21. The number of benzene rings is 3. The molecule has 3 rings (SSSR count). The van der Waals surface area contributed by atoms with Crippen molar-refractivity contribution in [1.82, 2.24) is 0 Å². The number of hydrogen-bond acceptors (Lipinski definition) is 5. The number of hydrogen-bond donors (Lipinski definition) is 1. The van der Waals surface area contributed by atoms with Gasteiger partial charge in [0, 0.05) is 15.7 Å². The summed E-state index contributed by atoms with van der Waals surface area (Å²) in [6.45, 7) is 3.35. The summed E-state index contributed by atoms with van der Waals surface area (Å²) >= 11 is 3.30. The van der Waals surface area contributed by atoms with Crippen molar-refractivity contribution in [1.29, 1.82) is 0 Å². The van der Waals surface area contributed by atoms with E-state index in [9.17, 15) is 18.0 Å². The molecule has 0 unspecified atom stereocenters. The van der Waals surface area contributed by atoms with Gasteiger partial charge in [0.05, 0.1) is 10.5 Å². The number of anilines is 1. The quantitative estimate of drug-likeness (QED) is 0.252. The Morgan fingerprint density at radius 1 is 0.971 bits per heavy atom. The first-order chi connectivity index (χ1) is 16.2. The van der Waals surface area contributed by atoms with Crippen LogP contribution in [0, 0.1) is 6.92 Å². The molecule has 3 aromatic rings. The molecule has 0 amide bonds. The van der Waals surface area contributed by atoms with Gasteiger partial charge in [0.2, 0.25) is 0 Å². The van der Waals surface area contributed by atoms with E-state index < -0.39 is 22.6 Å². The number of ketones is 1. The van der Waals surface area contributed by atoms with Gasteiger partial charge in [-0.2, -0.15) is 0 Å². The van der Waals surface area contributed by atoms with Gasteiger partial charge >= 0.3 is 5.97 Å². The molecule has 0 aliphatic carbocycles. The Morgan fingerprint density at radius 2 is 1.65 bits per heavy atom. The Kier molecular flexibility index (Phi) is 8.63. The molecule has 34 heavy (non-hydrogen) atoms. The van der Waals surface area contributed by atoms with Crippen LogP contribution in [0.1, 0.15) is 51.6 Å². The van der Waals surface area contributed by atoms with Crippen molar-refractivity contribution >= 4 is 43.4 Å². The fraction of sp³-hybridized carbons (Fsp3) is 0.231. The molecular formula is C26H26BrNO5S. The number of halogens is 1. The topological polar surface area (TPSA) is 89.5 Å². The average Bonchev–Trinajstić information content (AvgIpc) is 2.82. The second kappa shape index (κ2) is 11.4. The highest BCUT2D eigenvalue weighted by Gasteiger charge is 2.20. The predicted molar refractivity (Wildman–Crippen MR) is 136 cm³/mol. The third-order valence-corrected chi connectivity index (χ3v) is 7.17. The van der Waals surface area contributed by atoms with E-state index in [1.165, 1.54) is 18.2 Å². The van der Waals surface area contributed by atoms with Gasteiger partial charge in [-0.1, -0.05) is 59.6 Å². The van der Waals surface area contributed by atoms with E-state index in [1.807, 2.05) is 12.1 Å². The molecule has 0 saturated carbocycles. The Hall–Kier alpha value is -2.97. The average molecular weight is 544 g/mol. The van der Waals surface area contributed by atoms with E-state index in [1.54, 1.807) is 43.3 Å². The van der Waals surface area contributed by atoms with E-state index in [4.69, 9.17) is 4.74 Å². The van der Waals surface area contributed by atoms with Crippen LogP contribution in [-0.4, -0.2) is 26.8 Å². The number of Topliss-reactive ketones (excluding diaryl/α,β-unsaturated/α-hetero) is 1. The van der Waals surface area contributed by atoms with Crippen molar-refractivity contribution in [3.05, 3.63) is 93.5 Å². The Balaban J connectivity index is 1.70. The van der Waals surface area contributed by atoms with Gasteiger partial charge in [-0.3, -0.25) is 9.52 Å². The van der Waals surface area contributed by atoms with Gasteiger partial charge in [-0.15, -0.1) is 0 Å². The van der Waals surface area contributed by atoms with Crippen LogP contribution < -0.4 is 4.72 Å². The number of unbranched alkanes of at least 4 members (excludes halogenated alkanes) is 1. The molecule has 6 nitrogen and oxygen atoms in total. The van der Waals surface area contributed by atoms with Crippen LogP contribution >= 0.6 is 15.9 Å². The molecular weight excluding hydrogens is 518 g/mol. The van der Waals surface area contributed by atoms with Gasteiger partial charge < -0.3 is 4.74 Å². The summed E-state index contributed by atoms with van der Waals surface area (Å²) in [6.07, 6.45) is 3.10. The lowest BCUT2D eigenvalue weighted by Gasteiger charge is -2.12. The maximum Gasteiger partial charge on any atom is 0.338 e. The van der Waals surface area contributed by atoms with Gasteiger partial charge in [0.15, 0.2) is 12.4 Å². The molecule has 0 radical (unpaired) electrons. The Bertz CT molecular complexity index is 1270. The van der Waals surface area contributed by atoms with Crippen molar-refractivity contribution in [2.45, 2.75) is 38.0 Å². The molecule has 178 valence electrons. The maximum atomic E-state index is 12.9. The Morgan fingerprint density at radius 3 is 2.29 bits per heavy atom. The fourth-order valence-corrected chi connectivity index (χ4v) is 4.60. The number of rotatable bonds is 10. The van der Waals surface area contributed by atoms with Gasteiger partial charge in [0.25, 0.3) is 10.0 Å². The van der Waals surface area contributed by atoms with Crippen LogP contribution in [0.15, 0.2) is 76.1 Å². The van der Waals surface area contributed by atoms with E-state index >= 15 is 0 Å². The van der Waals surface area contributed by atoms with Crippen LogP contribution in [0.4, 0.5) is 5.69 Å². The van der Waals surface area contributed by atoms with Gasteiger partial charge in [-0.05, 0) is 67.3 Å². The summed E-state index contributed by atoms with van der Waals surface area (Å²) in [5.41, 5.74) is 2.61. The molecule has 3 aromatic carbocycles. The number of esters is 1. The summed E-state index contributed by atoms with van der Waals surface area (Å²) in [5.74, 6) is -1.12. The van der Waals surface area contributed by atoms with Crippen LogP contribution in [0.3, 0.4) is 0 Å². The minimum absolute atomic E-state index is 0.0701. The molecule has 8 heteroatoms. The van der Waals surface area contributed by atoms with Crippen molar-refractivity contribution in [2.75, 3.05) is 11.3 Å². The van der Waals surface area contributed by atoms with Gasteiger partial charge in [-0.25, -0.2) is 13.2 Å². The smallest absolute Gasteiger partial charge is 0.338 e. The van der Waals surface area contributed by atoms with Crippen molar-refractivity contribution < 1.29 is 22.7 Å². The van der Waals surface area contributed by atoms with Crippen molar-refractivity contribution in [3.63, 3.8) is 0 Å². The number of carbonyl (C=O) groups excluding carboxylic acids is 2. The minimum atomic E-state index is -3.92. The lowest BCUT2D eigenvalue weighted by atomic mass is 10.1. The summed E-state index contributed by atoms with van der Waals surface area (Å²) in [5, 5.41) is 0. The SMILES string of the molecule is CCCCc1ccc(NS(=O)(=O)c2ccc(C)c(C(=O)OCC(=O)c3ccc(Br)cc3)c2)cc1. The zero-order chi connectivity index (χ0) is 24.7. The van der Waals surface area contributed by atoms with Gasteiger partial charge in [0.1, 0.15) is 0 Å². The summed E-state index contributed by atoms with van der Waals surface area (Å²) in [4.78, 5) is 24.8. The molecule has 0 aliphatic rings. The largest absolute Gasteiger partial charge is 0.454 e. The van der Waals surface area contributed by atoms with E-state index in [0.717, 1.165) is 29.3 Å². The molecule has 1 N–H and O–H groups in total. The second-order valence-corrected chi connectivity index (χ2v) is 10.5. The zero-order valence-corrected chi connectivity index (χ0v) is 21.4. The van der Waals surface area contributed by atoms with E-state index in [-0.39, 0.29) is 16.2 Å². The van der Waals surface area contributed by atoms with Crippen LogP contribution in [0.5, 0.6) is 0 Å². The third kappa shape index (κ3) is 6.77. The lowest BCUT2D eigenvalue weighted by molar-refractivity contribution is 0.0473. The first kappa shape index (κ1) is 25.6. The Labute approximate surface area is 208 Å². The van der Waals surface area contributed by atoms with E-state index in [2.05, 4.69) is 27.6 Å². The molecule has 0 saturated heterocycles. The van der Waals surface area contributed by atoms with Crippen LogP contribution in [-0.2, 0) is 21.2 Å². The fourth-order valence-electron chi connectivity index (χ4n) is 3.25. The first-order valence-corrected chi connectivity index (χ1v) is 13.2. The molecule has 0 spiro atoms. The standard InChI is InChI=1S/C26H26BrNO5S/c1-3-4-5-19-7-13-22(14-8-19)28-34(31,32)23-15-6-18(2)24(16-23)26(30)33-17-25(29)20-9-11-21(27)12-10-20/h6-16,28H,3-5,17H2,1-2H3. The number of sulfonamides is 1. The minimum Gasteiger partial charge on any atom is -0.454 e. The van der Waals surface area contributed by atoms with Crippen molar-refractivity contribution in [3.8, 4) is 0 Å². The summed E-state index contributed by atoms with van der Waals surface area (Å²) in [6, 6.07) is 18.2. The number of nitrogens with one attached hydrogen (secondary N) is 1. The molecule has 0 aromatic heterocycles. The normalized spacial score (nSPS) is 11.1. The molecule has 0 aliphatic heterocycles. The highest BCUT2D eigenvalue weighted by atomic mass is 79.9. The third-order valence-electron chi connectivity index (χ3n) is 5.26. The molecule has 0 heterocycles.